The van der Waals surface area contributed by atoms with Crippen LogP contribution in [0.25, 0.3) is 0 Å². The minimum Gasteiger partial charge on any atom is -0.357 e. The third-order valence-electron chi connectivity index (χ3n) is 3.46. The van der Waals surface area contributed by atoms with Gasteiger partial charge in [-0.15, -0.1) is 24.0 Å². The molecule has 1 heterocycles. The van der Waals surface area contributed by atoms with E-state index in [0.717, 1.165) is 19.6 Å². The summed E-state index contributed by atoms with van der Waals surface area (Å²) in [6.45, 7) is 5.05. The Labute approximate surface area is 170 Å². The zero-order valence-electron chi connectivity index (χ0n) is 14.7. The second-order valence-corrected chi connectivity index (χ2v) is 5.34. The highest BCUT2D eigenvalue weighted by molar-refractivity contribution is 14.0. The standard InChI is InChI=1S/C18H24FN5O.HI/c1-2-20-18(23-11-14-24-12-5-6-13-24)22-10-9-21-17(25)15-7-3-4-8-16(15)19;/h3-8,12-13H,2,9-11,14H2,1H3,(H,21,25)(H2,20,22,23);1H. The average Bonchev–Trinajstić information content (AvgIpc) is 3.12. The number of nitrogens with one attached hydrogen (secondary N) is 3. The van der Waals surface area contributed by atoms with Crippen molar-refractivity contribution in [2.24, 2.45) is 4.99 Å². The summed E-state index contributed by atoms with van der Waals surface area (Å²) in [5.74, 6) is -0.266. The molecule has 1 aromatic carbocycles. The van der Waals surface area contributed by atoms with Crippen LogP contribution in [-0.4, -0.2) is 42.6 Å². The van der Waals surface area contributed by atoms with Crippen molar-refractivity contribution in [3.63, 3.8) is 0 Å². The molecule has 8 heteroatoms. The zero-order valence-corrected chi connectivity index (χ0v) is 17.1. The summed E-state index contributed by atoms with van der Waals surface area (Å²) in [5.41, 5.74) is 0.0447. The van der Waals surface area contributed by atoms with Crippen LogP contribution in [0.1, 0.15) is 17.3 Å². The maximum Gasteiger partial charge on any atom is 0.254 e. The number of carbonyl (C=O) groups excluding carboxylic acids is 1. The highest BCUT2D eigenvalue weighted by Gasteiger charge is 2.09. The Morgan fingerprint density at radius 1 is 1.08 bits per heavy atom. The maximum atomic E-state index is 13.5. The molecule has 1 aromatic heterocycles. The Morgan fingerprint density at radius 3 is 2.50 bits per heavy atom. The normalized spacial score (nSPS) is 10.8. The Balaban J connectivity index is 0.00000338. The van der Waals surface area contributed by atoms with Gasteiger partial charge in [-0.3, -0.25) is 9.79 Å². The van der Waals surface area contributed by atoms with E-state index in [1.807, 2.05) is 31.5 Å². The lowest BCUT2D eigenvalue weighted by atomic mass is 10.2. The minimum atomic E-state index is -0.525. The summed E-state index contributed by atoms with van der Waals surface area (Å²) in [6.07, 6.45) is 4.01. The van der Waals surface area contributed by atoms with E-state index in [2.05, 4.69) is 25.5 Å². The van der Waals surface area contributed by atoms with E-state index >= 15 is 0 Å². The molecule has 0 spiro atoms. The largest absolute Gasteiger partial charge is 0.357 e. The van der Waals surface area contributed by atoms with Crippen LogP contribution in [0.15, 0.2) is 53.8 Å². The van der Waals surface area contributed by atoms with Crippen LogP contribution >= 0.6 is 24.0 Å². The van der Waals surface area contributed by atoms with Gasteiger partial charge >= 0.3 is 0 Å². The van der Waals surface area contributed by atoms with Crippen LogP contribution in [0, 0.1) is 5.82 Å². The topological polar surface area (TPSA) is 70.4 Å². The molecule has 26 heavy (non-hydrogen) atoms. The number of guanidine groups is 1. The van der Waals surface area contributed by atoms with Crippen LogP contribution in [0.2, 0.25) is 0 Å². The van der Waals surface area contributed by atoms with Gasteiger partial charge in [-0.2, -0.15) is 0 Å². The van der Waals surface area contributed by atoms with Gasteiger partial charge < -0.3 is 20.5 Å². The van der Waals surface area contributed by atoms with Gasteiger partial charge in [-0.25, -0.2) is 4.39 Å². The number of aliphatic imine (C=N–C) groups is 1. The first-order chi connectivity index (χ1) is 12.2. The number of hydrogen-bond acceptors (Lipinski definition) is 2. The summed E-state index contributed by atoms with van der Waals surface area (Å²) in [6, 6.07) is 9.88. The first-order valence-electron chi connectivity index (χ1n) is 8.36. The molecule has 0 aliphatic carbocycles. The van der Waals surface area contributed by atoms with Gasteiger partial charge in [-0.05, 0) is 31.2 Å². The molecule has 0 aliphatic rings. The molecule has 2 rings (SSSR count). The van der Waals surface area contributed by atoms with Gasteiger partial charge in [-0.1, -0.05) is 12.1 Å². The number of halogens is 2. The number of benzene rings is 1. The molecule has 6 nitrogen and oxygen atoms in total. The van der Waals surface area contributed by atoms with Gasteiger partial charge in [0, 0.05) is 38.6 Å². The van der Waals surface area contributed by atoms with Crippen molar-refractivity contribution in [3.05, 3.63) is 60.2 Å². The Hall–Kier alpha value is -2.10. The molecule has 0 fully saturated rings. The van der Waals surface area contributed by atoms with Crippen molar-refractivity contribution < 1.29 is 9.18 Å². The molecular weight excluding hydrogens is 448 g/mol. The third-order valence-corrected chi connectivity index (χ3v) is 3.46. The van der Waals surface area contributed by atoms with Crippen molar-refractivity contribution in [3.8, 4) is 0 Å². The molecule has 3 N–H and O–H groups in total. The van der Waals surface area contributed by atoms with Crippen molar-refractivity contribution in [1.29, 1.82) is 0 Å². The van der Waals surface area contributed by atoms with E-state index in [0.29, 0.717) is 19.0 Å². The fourth-order valence-electron chi connectivity index (χ4n) is 2.24. The molecule has 0 aliphatic heterocycles. The van der Waals surface area contributed by atoms with Gasteiger partial charge in [0.1, 0.15) is 5.82 Å². The Morgan fingerprint density at radius 2 is 1.81 bits per heavy atom. The van der Waals surface area contributed by atoms with Crippen LogP contribution in [0.5, 0.6) is 0 Å². The quantitative estimate of drug-likeness (QED) is 0.239. The lowest BCUT2D eigenvalue weighted by molar-refractivity contribution is 0.0951. The lowest BCUT2D eigenvalue weighted by Gasteiger charge is -2.12. The predicted molar refractivity (Wildman–Crippen MR) is 113 cm³/mol. The molecule has 2 aromatic rings. The molecule has 1 amide bonds. The summed E-state index contributed by atoms with van der Waals surface area (Å²) in [4.78, 5) is 16.3. The number of carbonyl (C=O) groups is 1. The van der Waals surface area contributed by atoms with Gasteiger partial charge in [0.15, 0.2) is 5.96 Å². The Bertz CT molecular complexity index is 691. The van der Waals surface area contributed by atoms with Gasteiger partial charge in [0.25, 0.3) is 5.91 Å². The molecule has 0 bridgehead atoms. The molecule has 0 radical (unpaired) electrons. The Kier molecular flexibility index (Phi) is 10.4. The van der Waals surface area contributed by atoms with Gasteiger partial charge in [0.2, 0.25) is 0 Å². The monoisotopic (exact) mass is 473 g/mol. The van der Waals surface area contributed by atoms with Crippen LogP contribution in [-0.2, 0) is 6.54 Å². The maximum absolute atomic E-state index is 13.5. The fourth-order valence-corrected chi connectivity index (χ4v) is 2.24. The second-order valence-electron chi connectivity index (χ2n) is 5.34. The molecule has 0 saturated heterocycles. The first-order valence-corrected chi connectivity index (χ1v) is 8.36. The van der Waals surface area contributed by atoms with Crippen molar-refractivity contribution in [2.45, 2.75) is 13.5 Å². The van der Waals surface area contributed by atoms with Crippen molar-refractivity contribution in [1.82, 2.24) is 20.5 Å². The molecule has 0 saturated carbocycles. The predicted octanol–water partition coefficient (Wildman–Crippen LogP) is 2.23. The summed E-state index contributed by atoms with van der Waals surface area (Å²) in [5, 5.41) is 9.05. The highest BCUT2D eigenvalue weighted by atomic mass is 127. The average molecular weight is 473 g/mol. The highest BCUT2D eigenvalue weighted by Crippen LogP contribution is 2.05. The summed E-state index contributed by atoms with van der Waals surface area (Å²) in [7, 11) is 0. The number of amides is 1. The number of aromatic nitrogens is 1. The lowest BCUT2D eigenvalue weighted by Crippen LogP contribution is -2.39. The summed E-state index contributed by atoms with van der Waals surface area (Å²) >= 11 is 0. The van der Waals surface area contributed by atoms with Crippen LogP contribution in [0.3, 0.4) is 0 Å². The molecule has 142 valence electrons. The van der Waals surface area contributed by atoms with Crippen molar-refractivity contribution >= 4 is 35.8 Å². The smallest absolute Gasteiger partial charge is 0.254 e. The van der Waals surface area contributed by atoms with Crippen molar-refractivity contribution in [2.75, 3.05) is 26.2 Å². The van der Waals surface area contributed by atoms with Gasteiger partial charge in [0.05, 0.1) is 12.1 Å². The molecule has 0 atom stereocenters. The van der Waals surface area contributed by atoms with E-state index in [1.165, 1.54) is 12.1 Å². The second kappa shape index (κ2) is 12.3. The fraction of sp³-hybridized carbons (Fsp3) is 0.333. The summed E-state index contributed by atoms with van der Waals surface area (Å²) < 4.78 is 15.6. The first kappa shape index (κ1) is 21.9. The van der Waals surface area contributed by atoms with E-state index < -0.39 is 11.7 Å². The van der Waals surface area contributed by atoms with E-state index in [4.69, 9.17) is 0 Å². The SMILES string of the molecule is CCNC(=NCCNC(=O)c1ccccc1F)NCCn1cccc1.I. The van der Waals surface area contributed by atoms with Crippen LogP contribution in [0.4, 0.5) is 4.39 Å². The van der Waals surface area contributed by atoms with Crippen LogP contribution < -0.4 is 16.0 Å². The number of nitrogens with zero attached hydrogens (tertiary/aromatic N) is 2. The number of hydrogen-bond donors (Lipinski definition) is 3. The zero-order chi connectivity index (χ0) is 17.9. The van der Waals surface area contributed by atoms with E-state index in [1.54, 1.807) is 12.1 Å². The molecular formula is C18H25FIN5O. The minimum absolute atomic E-state index is 0. The third kappa shape index (κ3) is 7.42. The van der Waals surface area contributed by atoms with E-state index in [9.17, 15) is 9.18 Å². The number of rotatable bonds is 8. The molecule has 0 unspecified atom stereocenters. The van der Waals surface area contributed by atoms with E-state index in [-0.39, 0.29) is 29.5 Å².